The third kappa shape index (κ3) is 4.17. The summed E-state index contributed by atoms with van der Waals surface area (Å²) >= 11 is 1.33. The minimum absolute atomic E-state index is 0.00963. The molecule has 29 heavy (non-hydrogen) atoms. The van der Waals surface area contributed by atoms with Gasteiger partial charge in [-0.15, -0.1) is 5.10 Å². The largest absolute Gasteiger partial charge is 0.285 e. The maximum atomic E-state index is 12.4. The molecule has 1 aliphatic heterocycles. The van der Waals surface area contributed by atoms with E-state index in [0.717, 1.165) is 16.3 Å². The molecule has 0 atom stereocenters. The average Bonchev–Trinajstić information content (AvgIpc) is 3.08. The van der Waals surface area contributed by atoms with Gasteiger partial charge < -0.3 is 0 Å². The molecule has 1 heterocycles. The minimum Gasteiger partial charge on any atom is -0.285 e. The van der Waals surface area contributed by atoms with Crippen LogP contribution in [0.1, 0.15) is 11.1 Å². The second-order valence-corrected chi connectivity index (χ2v) is 7.33. The maximum Gasteiger partial charge on any atom is 0.270 e. The van der Waals surface area contributed by atoms with Gasteiger partial charge in [0, 0.05) is 17.7 Å². The molecule has 3 aromatic carbocycles. The number of hydrogen-bond acceptors (Lipinski definition) is 6. The summed E-state index contributed by atoms with van der Waals surface area (Å²) in [7, 11) is 0. The molecule has 0 unspecified atom stereocenters. The molecular weight excluding hydrogens is 388 g/mol. The molecule has 0 spiro atoms. The Hall–Kier alpha value is -3.52. The summed E-state index contributed by atoms with van der Waals surface area (Å²) < 4.78 is 0. The first-order valence-corrected chi connectivity index (χ1v) is 9.86. The predicted octanol–water partition coefficient (Wildman–Crippen LogP) is 4.21. The van der Waals surface area contributed by atoms with Gasteiger partial charge in [0.15, 0.2) is 5.17 Å². The van der Waals surface area contributed by atoms with Gasteiger partial charge in [0.25, 0.3) is 5.69 Å². The van der Waals surface area contributed by atoms with Crippen molar-refractivity contribution in [3.8, 4) is 0 Å². The van der Waals surface area contributed by atoms with E-state index in [2.05, 4.69) is 10.2 Å². The summed E-state index contributed by atoms with van der Waals surface area (Å²) in [5.74, 6) is 0.294. The van der Waals surface area contributed by atoms with Gasteiger partial charge in [-0.25, -0.2) is 0 Å². The van der Waals surface area contributed by atoms with Gasteiger partial charge in [-0.2, -0.15) is 5.10 Å². The van der Waals surface area contributed by atoms with Crippen molar-refractivity contribution in [3.05, 3.63) is 88.0 Å². The Kier molecular flexibility index (Phi) is 5.35. The van der Waals surface area contributed by atoms with Gasteiger partial charge in [0.05, 0.1) is 23.4 Å². The van der Waals surface area contributed by atoms with Gasteiger partial charge in [0.1, 0.15) is 0 Å². The Morgan fingerprint density at radius 1 is 1.10 bits per heavy atom. The van der Waals surface area contributed by atoms with E-state index in [-0.39, 0.29) is 11.6 Å². The molecule has 1 amide bonds. The molecule has 7 nitrogen and oxygen atoms in total. The first-order valence-electron chi connectivity index (χ1n) is 8.87. The fourth-order valence-corrected chi connectivity index (χ4v) is 3.93. The summed E-state index contributed by atoms with van der Waals surface area (Å²) in [4.78, 5) is 24.4. The van der Waals surface area contributed by atoms with E-state index in [9.17, 15) is 14.9 Å². The van der Waals surface area contributed by atoms with Crippen LogP contribution in [0.25, 0.3) is 10.8 Å². The smallest absolute Gasteiger partial charge is 0.270 e. The number of hydrogen-bond donors (Lipinski definition) is 0. The second kappa shape index (κ2) is 8.24. The molecule has 1 fully saturated rings. The van der Waals surface area contributed by atoms with E-state index in [1.807, 2.05) is 42.5 Å². The van der Waals surface area contributed by atoms with Crippen molar-refractivity contribution >= 4 is 45.5 Å². The number of fused-ring (bicyclic) bond motifs is 1. The molecular formula is C21H16N4O3S. The summed E-state index contributed by atoms with van der Waals surface area (Å²) in [5, 5.41) is 21.8. The van der Waals surface area contributed by atoms with Crippen molar-refractivity contribution in [1.82, 2.24) is 4.90 Å². The lowest BCUT2D eigenvalue weighted by Gasteiger charge is -2.16. The Morgan fingerprint density at radius 2 is 1.90 bits per heavy atom. The molecule has 0 bridgehead atoms. The Morgan fingerprint density at radius 3 is 2.76 bits per heavy atom. The molecule has 0 N–H and O–H groups in total. The number of benzene rings is 3. The van der Waals surface area contributed by atoms with E-state index in [4.69, 9.17) is 0 Å². The average molecular weight is 404 g/mol. The standard InChI is InChI=1S/C21H16N4O3S/c26-20-14-29-21(23-22-12-15-5-3-9-18(11-15)25(27)28)24(20)13-17-8-4-7-16-6-1-2-10-19(16)17/h1-12H,13-14H2/b22-12+,23-21+. The van der Waals surface area contributed by atoms with Crippen molar-refractivity contribution < 1.29 is 9.72 Å². The number of nitro benzene ring substituents is 1. The molecule has 0 radical (unpaired) electrons. The van der Waals surface area contributed by atoms with Gasteiger partial charge in [-0.3, -0.25) is 19.8 Å². The number of nitro groups is 1. The molecule has 1 saturated heterocycles. The normalized spacial score (nSPS) is 15.7. The summed E-state index contributed by atoms with van der Waals surface area (Å²) in [5.41, 5.74) is 1.59. The first-order chi connectivity index (χ1) is 14.1. The number of non-ortho nitro benzene ring substituents is 1. The van der Waals surface area contributed by atoms with E-state index in [0.29, 0.717) is 23.0 Å². The quantitative estimate of drug-likeness (QED) is 0.362. The zero-order chi connectivity index (χ0) is 20.2. The molecule has 0 aliphatic carbocycles. The highest BCUT2D eigenvalue weighted by Gasteiger charge is 2.28. The zero-order valence-corrected chi connectivity index (χ0v) is 16.1. The summed E-state index contributed by atoms with van der Waals surface area (Å²) in [6.07, 6.45) is 1.44. The molecule has 4 rings (SSSR count). The predicted molar refractivity (Wildman–Crippen MR) is 115 cm³/mol. The Labute approximate surface area is 170 Å². The number of carbonyl (C=O) groups is 1. The fourth-order valence-electron chi connectivity index (χ4n) is 3.09. The van der Waals surface area contributed by atoms with Crippen LogP contribution in [0.2, 0.25) is 0 Å². The maximum absolute atomic E-state index is 12.4. The third-order valence-corrected chi connectivity index (χ3v) is 5.45. The van der Waals surface area contributed by atoms with Crippen LogP contribution in [-0.2, 0) is 11.3 Å². The van der Waals surface area contributed by atoms with Crippen molar-refractivity contribution in [2.24, 2.45) is 10.2 Å². The van der Waals surface area contributed by atoms with Crippen LogP contribution in [0.5, 0.6) is 0 Å². The highest BCUT2D eigenvalue weighted by molar-refractivity contribution is 8.15. The number of rotatable bonds is 5. The molecule has 144 valence electrons. The number of thioether (sulfide) groups is 1. The van der Waals surface area contributed by atoms with Crippen molar-refractivity contribution in [1.29, 1.82) is 0 Å². The summed E-state index contributed by atoms with van der Waals surface area (Å²) in [6.45, 7) is 0.415. The number of amidine groups is 1. The van der Waals surface area contributed by atoms with Crippen molar-refractivity contribution in [3.63, 3.8) is 0 Å². The first kappa shape index (κ1) is 18.8. The van der Waals surface area contributed by atoms with Crippen LogP contribution < -0.4 is 0 Å². The molecule has 0 saturated carbocycles. The van der Waals surface area contributed by atoms with Gasteiger partial charge in [0.2, 0.25) is 5.91 Å². The van der Waals surface area contributed by atoms with Gasteiger partial charge in [-0.1, -0.05) is 66.4 Å². The van der Waals surface area contributed by atoms with Crippen LogP contribution in [0.4, 0.5) is 5.69 Å². The van der Waals surface area contributed by atoms with E-state index in [1.165, 1.54) is 30.1 Å². The molecule has 3 aromatic rings. The highest BCUT2D eigenvalue weighted by atomic mass is 32.2. The lowest BCUT2D eigenvalue weighted by molar-refractivity contribution is -0.384. The fraction of sp³-hybridized carbons (Fsp3) is 0.0952. The van der Waals surface area contributed by atoms with Crippen LogP contribution in [0, 0.1) is 10.1 Å². The molecule has 8 heteroatoms. The van der Waals surface area contributed by atoms with Crippen LogP contribution >= 0.6 is 11.8 Å². The SMILES string of the molecule is O=C1CS/C(=N/N=C/c2cccc([N+](=O)[O-])c2)N1Cc1cccc2ccccc12. The molecule has 0 aromatic heterocycles. The third-order valence-electron chi connectivity index (χ3n) is 4.50. The second-order valence-electron chi connectivity index (χ2n) is 6.39. The van der Waals surface area contributed by atoms with E-state index in [1.54, 1.807) is 17.0 Å². The van der Waals surface area contributed by atoms with Gasteiger partial charge >= 0.3 is 0 Å². The number of nitrogens with zero attached hydrogens (tertiary/aromatic N) is 4. The van der Waals surface area contributed by atoms with Crippen molar-refractivity contribution in [2.45, 2.75) is 6.54 Å². The monoisotopic (exact) mass is 404 g/mol. The molecule has 1 aliphatic rings. The minimum atomic E-state index is -0.458. The highest BCUT2D eigenvalue weighted by Crippen LogP contribution is 2.25. The van der Waals surface area contributed by atoms with E-state index < -0.39 is 4.92 Å². The lowest BCUT2D eigenvalue weighted by atomic mass is 10.0. The Balaban J connectivity index is 1.56. The van der Waals surface area contributed by atoms with E-state index >= 15 is 0 Å². The van der Waals surface area contributed by atoms with Crippen LogP contribution in [0.3, 0.4) is 0 Å². The Bertz CT molecular complexity index is 1150. The number of carbonyl (C=O) groups excluding carboxylic acids is 1. The topological polar surface area (TPSA) is 88.2 Å². The van der Waals surface area contributed by atoms with Crippen molar-refractivity contribution in [2.75, 3.05) is 5.75 Å². The lowest BCUT2D eigenvalue weighted by Crippen LogP contribution is -2.28. The van der Waals surface area contributed by atoms with Crippen LogP contribution in [0.15, 0.2) is 76.9 Å². The zero-order valence-electron chi connectivity index (χ0n) is 15.3. The summed E-state index contributed by atoms with van der Waals surface area (Å²) in [6, 6.07) is 20.2. The van der Waals surface area contributed by atoms with Crippen LogP contribution in [-0.4, -0.2) is 32.9 Å². The van der Waals surface area contributed by atoms with Gasteiger partial charge in [-0.05, 0) is 16.3 Å². The number of amides is 1.